The first-order chi connectivity index (χ1) is 13.9. The van der Waals surface area contributed by atoms with Gasteiger partial charge in [-0.25, -0.2) is 9.97 Å². The quantitative estimate of drug-likeness (QED) is 0.671. The molecule has 3 aromatic heterocycles. The van der Waals surface area contributed by atoms with Crippen molar-refractivity contribution in [3.63, 3.8) is 0 Å². The molecule has 3 aromatic rings. The van der Waals surface area contributed by atoms with E-state index in [4.69, 9.17) is 0 Å². The summed E-state index contributed by atoms with van der Waals surface area (Å²) in [5.74, 6) is 0.771. The van der Waals surface area contributed by atoms with Crippen molar-refractivity contribution in [3.8, 4) is 0 Å². The minimum absolute atomic E-state index is 0.0140. The molecule has 8 nitrogen and oxygen atoms in total. The van der Waals surface area contributed by atoms with Crippen molar-refractivity contribution >= 4 is 17.5 Å². The van der Waals surface area contributed by atoms with Gasteiger partial charge in [0, 0.05) is 31.7 Å². The van der Waals surface area contributed by atoms with Crippen LogP contribution in [0, 0.1) is 6.92 Å². The average molecular weight is 406 g/mol. The Morgan fingerprint density at radius 3 is 2.83 bits per heavy atom. The molecule has 0 saturated heterocycles. The van der Waals surface area contributed by atoms with Gasteiger partial charge in [0.1, 0.15) is 23.2 Å². The smallest absolute Gasteiger partial charge is 0.370 e. The normalized spacial score (nSPS) is 16.5. The van der Waals surface area contributed by atoms with Crippen molar-refractivity contribution in [2.75, 3.05) is 17.2 Å². The van der Waals surface area contributed by atoms with Crippen molar-refractivity contribution in [1.29, 1.82) is 0 Å². The predicted octanol–water partition coefficient (Wildman–Crippen LogP) is 3.76. The Balaban J connectivity index is 1.61. The molecule has 4 heterocycles. The van der Waals surface area contributed by atoms with Crippen LogP contribution in [0.1, 0.15) is 42.9 Å². The number of nitrogens with one attached hydrogen (secondary N) is 2. The van der Waals surface area contributed by atoms with E-state index in [2.05, 4.69) is 35.3 Å². The van der Waals surface area contributed by atoms with Gasteiger partial charge in [-0.05, 0) is 26.7 Å². The highest BCUT2D eigenvalue weighted by Gasteiger charge is 2.35. The van der Waals surface area contributed by atoms with Gasteiger partial charge in [0.2, 0.25) is 5.95 Å². The molecule has 0 bridgehead atoms. The molecular formula is C18H21F3N8. The van der Waals surface area contributed by atoms with Gasteiger partial charge in [-0.3, -0.25) is 4.68 Å². The zero-order valence-corrected chi connectivity index (χ0v) is 16.0. The van der Waals surface area contributed by atoms with Gasteiger partial charge < -0.3 is 15.2 Å². The summed E-state index contributed by atoms with van der Waals surface area (Å²) in [6, 6.07) is 0.0140. The number of halogens is 3. The van der Waals surface area contributed by atoms with Crippen molar-refractivity contribution in [2.45, 2.75) is 45.5 Å². The standard InChI is InChI=1S/C18H21F3N8/c1-3-22-15-12(18(19,20)21)9-24-17(27-15)26-13-10-25-29(11(13)2)14-5-4-7-28-8-6-23-16(14)28/h6,8-10,14H,3-5,7H2,1-2H3,(H2,22,24,26,27)/t14-/m1/s1. The van der Waals surface area contributed by atoms with E-state index in [-0.39, 0.29) is 17.8 Å². The molecule has 0 spiro atoms. The minimum Gasteiger partial charge on any atom is -0.370 e. The van der Waals surface area contributed by atoms with Crippen LogP contribution in [-0.4, -0.2) is 35.8 Å². The Hall–Kier alpha value is -3.11. The third-order valence-corrected chi connectivity index (χ3v) is 4.95. The van der Waals surface area contributed by atoms with Crippen LogP contribution in [0.25, 0.3) is 0 Å². The first-order valence-electron chi connectivity index (χ1n) is 9.38. The van der Waals surface area contributed by atoms with E-state index in [1.165, 1.54) is 0 Å². The van der Waals surface area contributed by atoms with Gasteiger partial charge in [-0.15, -0.1) is 0 Å². The second-order valence-corrected chi connectivity index (χ2v) is 6.83. The van der Waals surface area contributed by atoms with Crippen LogP contribution in [0.4, 0.5) is 30.6 Å². The molecule has 0 aromatic carbocycles. The number of hydrogen-bond acceptors (Lipinski definition) is 6. The van der Waals surface area contributed by atoms with E-state index in [0.29, 0.717) is 12.2 Å². The fourth-order valence-electron chi connectivity index (χ4n) is 3.56. The van der Waals surface area contributed by atoms with E-state index < -0.39 is 11.7 Å². The largest absolute Gasteiger partial charge is 0.421 e. The number of rotatable bonds is 5. The number of alkyl halides is 3. The average Bonchev–Trinajstić information content (AvgIpc) is 3.28. The second kappa shape index (κ2) is 7.37. The van der Waals surface area contributed by atoms with Crippen LogP contribution in [0.5, 0.6) is 0 Å². The molecule has 29 heavy (non-hydrogen) atoms. The fraction of sp³-hybridized carbons (Fsp3) is 0.444. The van der Waals surface area contributed by atoms with Gasteiger partial charge >= 0.3 is 6.18 Å². The van der Waals surface area contributed by atoms with E-state index in [1.807, 2.05) is 17.8 Å². The third-order valence-electron chi connectivity index (χ3n) is 4.95. The van der Waals surface area contributed by atoms with Crippen LogP contribution >= 0.6 is 0 Å². The Kier molecular flexibility index (Phi) is 4.89. The number of aryl methyl sites for hydroxylation is 1. The van der Waals surface area contributed by atoms with E-state index in [1.54, 1.807) is 19.3 Å². The number of hydrogen-bond donors (Lipinski definition) is 2. The van der Waals surface area contributed by atoms with Gasteiger partial charge in [-0.2, -0.15) is 23.3 Å². The summed E-state index contributed by atoms with van der Waals surface area (Å²) >= 11 is 0. The number of nitrogens with zero attached hydrogens (tertiary/aromatic N) is 6. The predicted molar refractivity (Wildman–Crippen MR) is 101 cm³/mol. The van der Waals surface area contributed by atoms with E-state index in [0.717, 1.165) is 37.1 Å². The minimum atomic E-state index is -4.53. The maximum absolute atomic E-state index is 13.1. The number of imidazole rings is 1. The van der Waals surface area contributed by atoms with Crippen LogP contribution in [-0.2, 0) is 12.7 Å². The zero-order chi connectivity index (χ0) is 20.6. The van der Waals surface area contributed by atoms with Crippen molar-refractivity contribution in [2.24, 2.45) is 0 Å². The monoisotopic (exact) mass is 406 g/mol. The van der Waals surface area contributed by atoms with Crippen LogP contribution < -0.4 is 10.6 Å². The molecule has 1 aliphatic heterocycles. The zero-order valence-electron chi connectivity index (χ0n) is 16.0. The lowest BCUT2D eigenvalue weighted by Gasteiger charge is -2.24. The van der Waals surface area contributed by atoms with Crippen molar-refractivity contribution < 1.29 is 13.2 Å². The molecule has 154 valence electrons. The van der Waals surface area contributed by atoms with Gasteiger partial charge in [0.15, 0.2) is 0 Å². The SMILES string of the molecule is CCNc1nc(Nc2cnn([C@@H]3CCCn4ccnc43)c2C)ncc1C(F)(F)F. The molecule has 0 radical (unpaired) electrons. The van der Waals surface area contributed by atoms with Gasteiger partial charge in [0.25, 0.3) is 0 Å². The molecule has 0 saturated carbocycles. The summed E-state index contributed by atoms with van der Waals surface area (Å²) in [6.07, 6.45) is 3.56. The summed E-state index contributed by atoms with van der Waals surface area (Å²) < 4.78 is 43.4. The Bertz CT molecular complexity index is 1010. The van der Waals surface area contributed by atoms with E-state index >= 15 is 0 Å². The highest BCUT2D eigenvalue weighted by atomic mass is 19.4. The van der Waals surface area contributed by atoms with Crippen molar-refractivity contribution in [1.82, 2.24) is 29.3 Å². The molecule has 0 unspecified atom stereocenters. The first kappa shape index (κ1) is 19.2. The highest BCUT2D eigenvalue weighted by molar-refractivity contribution is 5.58. The molecule has 2 N–H and O–H groups in total. The molecule has 11 heteroatoms. The molecule has 0 aliphatic carbocycles. The Labute approximate surface area is 165 Å². The van der Waals surface area contributed by atoms with Crippen LogP contribution in [0.2, 0.25) is 0 Å². The van der Waals surface area contributed by atoms with Crippen molar-refractivity contribution in [3.05, 3.63) is 41.9 Å². The molecule has 4 rings (SSSR count). The number of fused-ring (bicyclic) bond motifs is 1. The lowest BCUT2D eigenvalue weighted by molar-refractivity contribution is -0.137. The fourth-order valence-corrected chi connectivity index (χ4v) is 3.56. The highest BCUT2D eigenvalue weighted by Crippen LogP contribution is 2.34. The van der Waals surface area contributed by atoms with Gasteiger partial charge in [-0.1, -0.05) is 0 Å². The van der Waals surface area contributed by atoms with Gasteiger partial charge in [0.05, 0.1) is 17.6 Å². The Morgan fingerprint density at radius 1 is 1.24 bits per heavy atom. The summed E-state index contributed by atoms with van der Waals surface area (Å²) in [4.78, 5) is 12.3. The molecule has 0 fully saturated rings. The number of anilines is 3. The Morgan fingerprint density at radius 2 is 2.07 bits per heavy atom. The molecular weight excluding hydrogens is 385 g/mol. The first-order valence-corrected chi connectivity index (χ1v) is 9.38. The topological polar surface area (TPSA) is 85.5 Å². The molecule has 1 aliphatic rings. The summed E-state index contributed by atoms with van der Waals surface area (Å²) in [7, 11) is 0. The van der Waals surface area contributed by atoms with E-state index in [9.17, 15) is 13.2 Å². The van der Waals surface area contributed by atoms with Crippen LogP contribution in [0.3, 0.4) is 0 Å². The molecule has 1 atom stereocenters. The molecule has 0 amide bonds. The summed E-state index contributed by atoms with van der Waals surface area (Å²) in [6.45, 7) is 4.85. The maximum atomic E-state index is 13.1. The third kappa shape index (κ3) is 3.64. The summed E-state index contributed by atoms with van der Waals surface area (Å²) in [5, 5.41) is 10.1. The lowest BCUT2D eigenvalue weighted by Crippen LogP contribution is -2.23. The second-order valence-electron chi connectivity index (χ2n) is 6.83. The maximum Gasteiger partial charge on any atom is 0.421 e. The lowest BCUT2D eigenvalue weighted by atomic mass is 10.1. The number of aromatic nitrogens is 6. The summed E-state index contributed by atoms with van der Waals surface area (Å²) in [5.41, 5.74) is 0.571. The van der Waals surface area contributed by atoms with Crippen LogP contribution in [0.15, 0.2) is 24.8 Å².